The molecule has 0 bridgehead atoms. The van der Waals surface area contributed by atoms with Crippen molar-refractivity contribution in [3.63, 3.8) is 0 Å². The fourth-order valence-electron chi connectivity index (χ4n) is 2.79. The molecular formula is C13H26O. The van der Waals surface area contributed by atoms with E-state index in [9.17, 15) is 5.11 Å². The van der Waals surface area contributed by atoms with Crippen LogP contribution in [0.2, 0.25) is 0 Å². The number of hydrogen-bond donors (Lipinski definition) is 1. The molecule has 0 spiro atoms. The zero-order valence-corrected chi connectivity index (χ0v) is 10.1. The molecule has 1 fully saturated rings. The molecule has 1 aliphatic rings. The fraction of sp³-hybridized carbons (Fsp3) is 1.00. The van der Waals surface area contributed by atoms with E-state index in [4.69, 9.17) is 0 Å². The van der Waals surface area contributed by atoms with Crippen molar-refractivity contribution < 1.29 is 5.11 Å². The third-order valence-corrected chi connectivity index (χ3v) is 3.93. The summed E-state index contributed by atoms with van der Waals surface area (Å²) in [7, 11) is 0. The second kappa shape index (κ2) is 5.16. The topological polar surface area (TPSA) is 20.2 Å². The maximum Gasteiger partial charge on any atom is 0.0653 e. The molecule has 0 aliphatic heterocycles. The van der Waals surface area contributed by atoms with Gasteiger partial charge < -0.3 is 5.11 Å². The molecule has 0 radical (unpaired) electrons. The molecule has 3 atom stereocenters. The highest BCUT2D eigenvalue weighted by Crippen LogP contribution is 2.38. The van der Waals surface area contributed by atoms with E-state index in [2.05, 4.69) is 20.8 Å². The van der Waals surface area contributed by atoms with Gasteiger partial charge >= 0.3 is 0 Å². The summed E-state index contributed by atoms with van der Waals surface area (Å²) < 4.78 is 0. The fourth-order valence-corrected chi connectivity index (χ4v) is 2.79. The van der Waals surface area contributed by atoms with Crippen molar-refractivity contribution >= 4 is 0 Å². The Bertz CT molecular complexity index is 163. The smallest absolute Gasteiger partial charge is 0.0653 e. The summed E-state index contributed by atoms with van der Waals surface area (Å²) in [4.78, 5) is 0. The molecule has 1 heteroatoms. The first-order chi connectivity index (χ1) is 6.59. The van der Waals surface area contributed by atoms with Crippen molar-refractivity contribution in [1.29, 1.82) is 0 Å². The van der Waals surface area contributed by atoms with Gasteiger partial charge in [-0.25, -0.2) is 0 Å². The van der Waals surface area contributed by atoms with Gasteiger partial charge in [-0.3, -0.25) is 0 Å². The minimum absolute atomic E-state index is 0.325. The van der Waals surface area contributed by atoms with Crippen LogP contribution in [0.4, 0.5) is 0 Å². The zero-order valence-electron chi connectivity index (χ0n) is 10.1. The molecule has 0 aromatic carbocycles. The van der Waals surface area contributed by atoms with Crippen LogP contribution in [0, 0.1) is 11.8 Å². The van der Waals surface area contributed by atoms with E-state index in [0.29, 0.717) is 5.92 Å². The minimum Gasteiger partial charge on any atom is -0.390 e. The molecule has 84 valence electrons. The second-order valence-electron chi connectivity index (χ2n) is 5.31. The largest absolute Gasteiger partial charge is 0.390 e. The van der Waals surface area contributed by atoms with Crippen molar-refractivity contribution in [3.05, 3.63) is 0 Å². The van der Waals surface area contributed by atoms with Crippen LogP contribution in [0.3, 0.4) is 0 Å². The van der Waals surface area contributed by atoms with Gasteiger partial charge in [0.15, 0.2) is 0 Å². The zero-order chi connectivity index (χ0) is 10.6. The van der Waals surface area contributed by atoms with E-state index in [-0.39, 0.29) is 5.60 Å². The van der Waals surface area contributed by atoms with E-state index in [1.165, 1.54) is 25.7 Å². The summed E-state index contributed by atoms with van der Waals surface area (Å²) in [6.07, 6.45) is 8.09. The maximum atomic E-state index is 10.5. The normalized spacial score (nSPS) is 35.6. The number of rotatable bonds is 4. The van der Waals surface area contributed by atoms with E-state index in [1.54, 1.807) is 0 Å². The Morgan fingerprint density at radius 3 is 2.71 bits per heavy atom. The van der Waals surface area contributed by atoms with Crippen LogP contribution in [0.15, 0.2) is 0 Å². The average Bonchev–Trinajstić information content (AvgIpc) is 2.17. The third-order valence-electron chi connectivity index (χ3n) is 3.93. The highest BCUT2D eigenvalue weighted by Gasteiger charge is 2.34. The first-order valence-electron chi connectivity index (χ1n) is 6.32. The Morgan fingerprint density at radius 1 is 1.43 bits per heavy atom. The van der Waals surface area contributed by atoms with Crippen LogP contribution in [0.5, 0.6) is 0 Å². The van der Waals surface area contributed by atoms with Crippen molar-refractivity contribution in [2.24, 2.45) is 11.8 Å². The van der Waals surface area contributed by atoms with Crippen LogP contribution in [-0.2, 0) is 0 Å². The third kappa shape index (κ3) is 3.27. The summed E-state index contributed by atoms with van der Waals surface area (Å²) in [5.41, 5.74) is -0.325. The van der Waals surface area contributed by atoms with Crippen LogP contribution < -0.4 is 0 Å². The van der Waals surface area contributed by atoms with Crippen LogP contribution in [0.25, 0.3) is 0 Å². The molecule has 0 aromatic heterocycles. The Hall–Kier alpha value is -0.0400. The predicted octanol–water partition coefficient (Wildman–Crippen LogP) is 3.75. The molecule has 0 aromatic rings. The summed E-state index contributed by atoms with van der Waals surface area (Å²) >= 11 is 0. The summed E-state index contributed by atoms with van der Waals surface area (Å²) in [6.45, 7) is 6.72. The summed E-state index contributed by atoms with van der Waals surface area (Å²) in [6, 6.07) is 0. The Balaban J connectivity index is 2.46. The quantitative estimate of drug-likeness (QED) is 0.729. The van der Waals surface area contributed by atoms with Gasteiger partial charge in [0.1, 0.15) is 0 Å². The highest BCUT2D eigenvalue weighted by atomic mass is 16.3. The van der Waals surface area contributed by atoms with Gasteiger partial charge in [-0.1, -0.05) is 46.5 Å². The molecule has 1 saturated carbocycles. The van der Waals surface area contributed by atoms with Crippen molar-refractivity contribution in [3.8, 4) is 0 Å². The van der Waals surface area contributed by atoms with Crippen molar-refractivity contribution in [1.82, 2.24) is 0 Å². The van der Waals surface area contributed by atoms with Gasteiger partial charge in [-0.15, -0.1) is 0 Å². The number of aliphatic hydroxyl groups is 1. The lowest BCUT2D eigenvalue weighted by molar-refractivity contribution is -0.0347. The monoisotopic (exact) mass is 198 g/mol. The van der Waals surface area contributed by atoms with Gasteiger partial charge in [0.25, 0.3) is 0 Å². The molecule has 1 rings (SSSR count). The predicted molar refractivity (Wildman–Crippen MR) is 61.3 cm³/mol. The summed E-state index contributed by atoms with van der Waals surface area (Å²) in [5, 5.41) is 10.5. The number of hydrogen-bond acceptors (Lipinski definition) is 1. The first kappa shape index (κ1) is 12.0. The second-order valence-corrected chi connectivity index (χ2v) is 5.31. The molecular weight excluding hydrogens is 172 g/mol. The van der Waals surface area contributed by atoms with Gasteiger partial charge in [0, 0.05) is 0 Å². The van der Waals surface area contributed by atoms with Gasteiger partial charge in [-0.2, -0.15) is 0 Å². The average molecular weight is 198 g/mol. The molecule has 1 N–H and O–H groups in total. The standard InChI is InChI=1S/C13H26O/c1-4-11(3)9-13(14)8-6-7-12(5-2)10-13/h11-12,14H,4-10H2,1-3H3. The molecule has 3 unspecified atom stereocenters. The lowest BCUT2D eigenvalue weighted by atomic mass is 9.73. The maximum absolute atomic E-state index is 10.5. The summed E-state index contributed by atoms with van der Waals surface area (Å²) in [5.74, 6) is 1.45. The van der Waals surface area contributed by atoms with Crippen LogP contribution >= 0.6 is 0 Å². The van der Waals surface area contributed by atoms with E-state index in [1.807, 2.05) is 0 Å². The van der Waals surface area contributed by atoms with Gasteiger partial charge in [-0.05, 0) is 31.1 Å². The Kier molecular flexibility index (Phi) is 4.43. The minimum atomic E-state index is -0.325. The molecule has 0 saturated heterocycles. The SMILES string of the molecule is CCC(C)CC1(O)CCCC(CC)C1. The van der Waals surface area contributed by atoms with Gasteiger partial charge in [0.05, 0.1) is 5.60 Å². The van der Waals surface area contributed by atoms with Crippen molar-refractivity contribution in [2.45, 2.75) is 71.3 Å². The highest BCUT2D eigenvalue weighted by molar-refractivity contribution is 4.87. The lowest BCUT2D eigenvalue weighted by Gasteiger charge is -2.38. The molecule has 1 aliphatic carbocycles. The molecule has 14 heavy (non-hydrogen) atoms. The Labute approximate surface area is 88.9 Å². The first-order valence-corrected chi connectivity index (χ1v) is 6.32. The lowest BCUT2D eigenvalue weighted by Crippen LogP contribution is -2.36. The molecule has 0 amide bonds. The Morgan fingerprint density at radius 2 is 2.14 bits per heavy atom. The van der Waals surface area contributed by atoms with E-state index >= 15 is 0 Å². The van der Waals surface area contributed by atoms with E-state index < -0.39 is 0 Å². The van der Waals surface area contributed by atoms with Crippen molar-refractivity contribution in [2.75, 3.05) is 0 Å². The van der Waals surface area contributed by atoms with Gasteiger partial charge in [0.2, 0.25) is 0 Å². The molecule has 0 heterocycles. The van der Waals surface area contributed by atoms with Crippen LogP contribution in [0.1, 0.15) is 65.7 Å². The van der Waals surface area contributed by atoms with E-state index in [0.717, 1.165) is 25.2 Å². The molecule has 1 nitrogen and oxygen atoms in total. The van der Waals surface area contributed by atoms with Crippen LogP contribution in [-0.4, -0.2) is 10.7 Å².